The number of fused-ring (bicyclic) bond motifs is 1. The Bertz CT molecular complexity index is 1540. The smallest absolute Gasteiger partial charge is 0.197 e. The second-order valence-electron chi connectivity index (χ2n) is 7.02. The van der Waals surface area contributed by atoms with E-state index in [-0.39, 0.29) is 5.57 Å². The van der Waals surface area contributed by atoms with Crippen LogP contribution in [0.25, 0.3) is 34.8 Å². The van der Waals surface area contributed by atoms with Crippen molar-refractivity contribution in [3.63, 3.8) is 0 Å². The van der Waals surface area contributed by atoms with E-state index in [4.69, 9.17) is 11.6 Å². The van der Waals surface area contributed by atoms with Crippen molar-refractivity contribution in [2.24, 2.45) is 0 Å². The molecule has 8 heteroatoms. The van der Waals surface area contributed by atoms with E-state index in [0.717, 1.165) is 11.3 Å². The van der Waals surface area contributed by atoms with Gasteiger partial charge in [0.2, 0.25) is 0 Å². The van der Waals surface area contributed by atoms with E-state index in [1.54, 1.807) is 24.3 Å². The summed E-state index contributed by atoms with van der Waals surface area (Å²) in [5, 5.41) is 4.69. The standard InChI is InChI=1S/C24H14ClN5O2/c25-19-7-6-16(9-17(19)23-26-11-21(30-23)14-4-2-1-3-5-14)29-24-18-10-22(32)15(12-31)8-20(18)27-13-28-24/h1-11,13H,(H,26,30)(H,27,28,29). The Labute approximate surface area is 186 Å². The fourth-order valence-electron chi connectivity index (χ4n) is 3.41. The predicted molar refractivity (Wildman–Crippen MR) is 122 cm³/mol. The van der Waals surface area contributed by atoms with Gasteiger partial charge in [-0.15, -0.1) is 0 Å². The minimum absolute atomic E-state index is 0.0667. The first-order valence-electron chi connectivity index (χ1n) is 9.63. The second kappa shape index (κ2) is 8.07. The third kappa shape index (κ3) is 3.63. The maximum atomic E-state index is 12.1. The third-order valence-electron chi connectivity index (χ3n) is 4.99. The first kappa shape index (κ1) is 19.6. The largest absolute Gasteiger partial charge is 0.340 e. The van der Waals surface area contributed by atoms with Crippen LogP contribution in [0.1, 0.15) is 0 Å². The van der Waals surface area contributed by atoms with Gasteiger partial charge in [0.15, 0.2) is 5.78 Å². The number of rotatable bonds is 4. The Morgan fingerprint density at radius 2 is 1.84 bits per heavy atom. The highest BCUT2D eigenvalue weighted by Gasteiger charge is 2.14. The van der Waals surface area contributed by atoms with E-state index in [0.29, 0.717) is 38.5 Å². The van der Waals surface area contributed by atoms with E-state index in [1.807, 2.05) is 36.4 Å². The molecule has 4 aromatic rings. The molecular weight excluding hydrogens is 426 g/mol. The van der Waals surface area contributed by atoms with E-state index in [2.05, 4.69) is 25.3 Å². The number of carbonyl (C=O) groups is 1. The Balaban J connectivity index is 1.52. The first-order valence-corrected chi connectivity index (χ1v) is 10.0. The van der Waals surface area contributed by atoms with Crippen LogP contribution in [0.4, 0.5) is 11.5 Å². The monoisotopic (exact) mass is 439 g/mol. The summed E-state index contributed by atoms with van der Waals surface area (Å²) in [7, 11) is 0. The summed E-state index contributed by atoms with van der Waals surface area (Å²) in [5.74, 6) is 2.25. The molecule has 0 amide bonds. The van der Waals surface area contributed by atoms with Crippen molar-refractivity contribution in [1.29, 1.82) is 0 Å². The van der Waals surface area contributed by atoms with Gasteiger partial charge in [0.1, 0.15) is 29.5 Å². The Kier molecular flexibility index (Phi) is 4.95. The summed E-state index contributed by atoms with van der Waals surface area (Å²) in [6.07, 6.45) is 5.85. The van der Waals surface area contributed by atoms with Crippen LogP contribution in [0, 0.1) is 0 Å². The SMILES string of the molecule is O=C=C1C=c2ncnc(Nc3ccc(Cl)c(-c4ncc(-c5ccccc5)[nH]4)c3)c2=CC1=O. The van der Waals surface area contributed by atoms with Crippen molar-refractivity contribution in [3.05, 3.63) is 82.2 Å². The van der Waals surface area contributed by atoms with Crippen LogP contribution in [-0.4, -0.2) is 31.7 Å². The number of halogens is 1. The average molecular weight is 440 g/mol. The number of benzene rings is 2. The van der Waals surface area contributed by atoms with Crippen LogP contribution in [-0.2, 0) is 9.59 Å². The number of allylic oxidation sites excluding steroid dienone is 1. The number of imidazole rings is 1. The third-order valence-corrected chi connectivity index (χ3v) is 5.32. The average Bonchev–Trinajstić information content (AvgIpc) is 3.31. The van der Waals surface area contributed by atoms with E-state index in [9.17, 15) is 9.59 Å². The topological polar surface area (TPSA) is 101 Å². The van der Waals surface area contributed by atoms with Gasteiger partial charge in [-0.2, -0.15) is 0 Å². The summed E-state index contributed by atoms with van der Waals surface area (Å²) in [6, 6.07) is 15.3. The van der Waals surface area contributed by atoms with Crippen LogP contribution in [0.5, 0.6) is 0 Å². The van der Waals surface area contributed by atoms with Crippen molar-refractivity contribution in [3.8, 4) is 22.6 Å². The molecule has 2 aromatic carbocycles. The van der Waals surface area contributed by atoms with Gasteiger partial charge < -0.3 is 10.3 Å². The Morgan fingerprint density at radius 1 is 1.00 bits per heavy atom. The quantitative estimate of drug-likeness (QED) is 0.374. The minimum atomic E-state index is -0.439. The number of hydrogen-bond donors (Lipinski definition) is 2. The number of anilines is 2. The number of H-pyrrole nitrogens is 1. The molecule has 0 fully saturated rings. The predicted octanol–water partition coefficient (Wildman–Crippen LogP) is 2.83. The van der Waals surface area contributed by atoms with Gasteiger partial charge in [-0.05, 0) is 35.9 Å². The normalized spacial score (nSPS) is 12.4. The van der Waals surface area contributed by atoms with Gasteiger partial charge in [-0.1, -0.05) is 41.9 Å². The first-order chi connectivity index (χ1) is 15.6. The van der Waals surface area contributed by atoms with Crippen LogP contribution >= 0.6 is 11.6 Å². The molecular formula is C24H14ClN5O2. The highest BCUT2D eigenvalue weighted by atomic mass is 35.5. The molecule has 32 heavy (non-hydrogen) atoms. The van der Waals surface area contributed by atoms with Crippen LogP contribution in [0.15, 0.2) is 66.6 Å². The molecule has 0 saturated carbocycles. The Morgan fingerprint density at radius 3 is 2.66 bits per heavy atom. The molecule has 1 aliphatic carbocycles. The van der Waals surface area contributed by atoms with Crippen molar-refractivity contribution in [1.82, 2.24) is 19.9 Å². The van der Waals surface area contributed by atoms with Crippen LogP contribution < -0.4 is 15.9 Å². The van der Waals surface area contributed by atoms with Gasteiger partial charge in [0.25, 0.3) is 0 Å². The fourth-order valence-corrected chi connectivity index (χ4v) is 3.61. The Hall–Kier alpha value is -4.32. The molecule has 0 aliphatic heterocycles. The number of aromatic amines is 1. The van der Waals surface area contributed by atoms with Crippen LogP contribution in [0.3, 0.4) is 0 Å². The molecule has 0 saturated heterocycles. The lowest BCUT2D eigenvalue weighted by Gasteiger charge is -2.10. The summed E-state index contributed by atoms with van der Waals surface area (Å²) < 4.78 is 0. The van der Waals surface area contributed by atoms with Gasteiger partial charge in [-0.25, -0.2) is 19.7 Å². The lowest BCUT2D eigenvalue weighted by atomic mass is 10.1. The number of Topliss-reactive ketones (excluding diaryl/α,β-unsaturated/α-hetero) is 1. The van der Waals surface area contributed by atoms with Crippen molar-refractivity contribution in [2.45, 2.75) is 0 Å². The maximum Gasteiger partial charge on any atom is 0.197 e. The molecule has 154 valence electrons. The summed E-state index contributed by atoms with van der Waals surface area (Å²) in [5.41, 5.74) is 3.23. The lowest BCUT2D eigenvalue weighted by molar-refractivity contribution is -0.109. The highest BCUT2D eigenvalue weighted by Crippen LogP contribution is 2.31. The molecule has 7 nitrogen and oxygen atoms in total. The van der Waals surface area contributed by atoms with Gasteiger partial charge in [0, 0.05) is 16.5 Å². The van der Waals surface area contributed by atoms with Gasteiger partial charge >= 0.3 is 0 Å². The number of aromatic nitrogens is 4. The molecule has 2 N–H and O–H groups in total. The summed E-state index contributed by atoms with van der Waals surface area (Å²) in [4.78, 5) is 39.2. The van der Waals surface area contributed by atoms with E-state index >= 15 is 0 Å². The highest BCUT2D eigenvalue weighted by molar-refractivity contribution is 6.33. The van der Waals surface area contributed by atoms with E-state index in [1.165, 1.54) is 18.5 Å². The van der Waals surface area contributed by atoms with Crippen molar-refractivity contribution in [2.75, 3.05) is 5.32 Å². The molecule has 5 rings (SSSR count). The lowest BCUT2D eigenvalue weighted by Crippen LogP contribution is -2.35. The molecule has 2 heterocycles. The van der Waals surface area contributed by atoms with E-state index < -0.39 is 5.78 Å². The number of nitrogens with one attached hydrogen (secondary N) is 2. The number of carbonyl (C=O) groups excluding carboxylic acids is 2. The van der Waals surface area contributed by atoms with Crippen molar-refractivity contribution >= 4 is 47.0 Å². The maximum absolute atomic E-state index is 12.1. The number of hydrogen-bond acceptors (Lipinski definition) is 6. The number of ketones is 1. The van der Waals surface area contributed by atoms with Gasteiger partial charge in [0.05, 0.1) is 22.3 Å². The summed E-state index contributed by atoms with van der Waals surface area (Å²) >= 11 is 6.45. The number of nitrogens with zero attached hydrogens (tertiary/aromatic N) is 3. The van der Waals surface area contributed by atoms with Gasteiger partial charge in [-0.3, -0.25) is 4.79 Å². The zero-order chi connectivity index (χ0) is 22.1. The minimum Gasteiger partial charge on any atom is -0.340 e. The molecule has 0 unspecified atom stereocenters. The summed E-state index contributed by atoms with van der Waals surface area (Å²) in [6.45, 7) is 0. The zero-order valence-corrected chi connectivity index (χ0v) is 17.2. The molecule has 0 atom stereocenters. The molecule has 0 bridgehead atoms. The molecule has 2 aromatic heterocycles. The second-order valence-corrected chi connectivity index (χ2v) is 7.43. The molecule has 0 spiro atoms. The zero-order valence-electron chi connectivity index (χ0n) is 16.5. The van der Waals surface area contributed by atoms with Crippen molar-refractivity contribution < 1.29 is 9.59 Å². The van der Waals surface area contributed by atoms with Crippen LogP contribution in [0.2, 0.25) is 5.02 Å². The molecule has 0 radical (unpaired) electrons. The fraction of sp³-hybridized carbons (Fsp3) is 0. The molecule has 1 aliphatic rings.